The van der Waals surface area contributed by atoms with Gasteiger partial charge >= 0.3 is 0 Å². The van der Waals surface area contributed by atoms with E-state index in [0.29, 0.717) is 11.7 Å². The molecule has 1 saturated carbocycles. The summed E-state index contributed by atoms with van der Waals surface area (Å²) >= 11 is 0. The lowest BCUT2D eigenvalue weighted by Gasteiger charge is -2.31. The van der Waals surface area contributed by atoms with Gasteiger partial charge in [0.05, 0.1) is 12.1 Å². The minimum atomic E-state index is -0.483. The van der Waals surface area contributed by atoms with Crippen molar-refractivity contribution in [1.82, 2.24) is 0 Å². The van der Waals surface area contributed by atoms with Crippen molar-refractivity contribution in [3.8, 4) is 5.75 Å². The average molecular weight is 300 g/mol. The second-order valence-corrected chi connectivity index (χ2v) is 5.92. The van der Waals surface area contributed by atoms with Crippen molar-refractivity contribution in [3.05, 3.63) is 28.8 Å². The van der Waals surface area contributed by atoms with Gasteiger partial charge < -0.3 is 15.9 Å². The molecule has 1 aliphatic carbocycles. The van der Waals surface area contributed by atoms with Crippen LogP contribution in [0, 0.1) is 19.8 Å². The average Bonchev–Trinajstić information content (AvgIpc) is 2.43. The molecule has 1 aromatic carbocycles. The Bertz CT molecular complexity index is 421. The van der Waals surface area contributed by atoms with Gasteiger partial charge in [0.2, 0.25) is 0 Å². The molecule has 0 aromatic heterocycles. The molecule has 2 rings (SSSR count). The minimum absolute atomic E-state index is 0. The van der Waals surface area contributed by atoms with Gasteiger partial charge in [0.25, 0.3) is 0 Å². The molecule has 0 spiro atoms. The number of hydrogen-bond acceptors (Lipinski definition) is 3. The first-order chi connectivity index (χ1) is 9.00. The molecule has 1 aromatic rings. The van der Waals surface area contributed by atoms with Gasteiger partial charge in [-0.15, -0.1) is 12.4 Å². The number of phenolic OH excluding ortho intramolecular Hbond substituents is 1. The molecular formula is C16H26ClNO2. The molecule has 0 saturated heterocycles. The summed E-state index contributed by atoms with van der Waals surface area (Å²) in [4.78, 5) is 0. The lowest BCUT2D eigenvalue weighted by Crippen LogP contribution is -2.34. The van der Waals surface area contributed by atoms with E-state index in [2.05, 4.69) is 0 Å². The molecule has 2 atom stereocenters. The summed E-state index contributed by atoms with van der Waals surface area (Å²) in [7, 11) is 0. The summed E-state index contributed by atoms with van der Waals surface area (Å²) in [6.07, 6.45) is 5.33. The zero-order valence-corrected chi connectivity index (χ0v) is 13.1. The SMILES string of the molecule is Cc1cc([C@@H](N)[C@@H](O)C2CCCCC2)cc(C)c1O.Cl. The topological polar surface area (TPSA) is 66.5 Å². The standard InChI is InChI=1S/C16H25NO2.ClH/c1-10-8-13(9-11(2)15(10)18)14(17)16(19)12-6-4-3-5-7-12;/h8-9,12,14,16,18-19H,3-7,17H2,1-2H3;1H/t14-,16+;/m1./s1. The van der Waals surface area contributed by atoms with Crippen molar-refractivity contribution in [3.63, 3.8) is 0 Å². The van der Waals surface area contributed by atoms with Gasteiger partial charge in [0.15, 0.2) is 0 Å². The van der Waals surface area contributed by atoms with Crippen molar-refractivity contribution >= 4 is 12.4 Å². The highest BCUT2D eigenvalue weighted by atomic mass is 35.5. The first kappa shape index (κ1) is 17.3. The van der Waals surface area contributed by atoms with Gasteiger partial charge in [-0.3, -0.25) is 0 Å². The number of aliphatic hydroxyl groups excluding tert-OH is 1. The van der Waals surface area contributed by atoms with E-state index in [1.54, 1.807) is 0 Å². The molecular weight excluding hydrogens is 274 g/mol. The van der Waals surface area contributed by atoms with E-state index in [-0.39, 0.29) is 18.4 Å². The van der Waals surface area contributed by atoms with E-state index < -0.39 is 6.10 Å². The van der Waals surface area contributed by atoms with Crippen molar-refractivity contribution in [2.24, 2.45) is 11.7 Å². The zero-order chi connectivity index (χ0) is 14.0. The van der Waals surface area contributed by atoms with Gasteiger partial charge in [-0.1, -0.05) is 31.4 Å². The van der Waals surface area contributed by atoms with E-state index in [0.717, 1.165) is 29.5 Å². The molecule has 3 nitrogen and oxygen atoms in total. The molecule has 0 radical (unpaired) electrons. The van der Waals surface area contributed by atoms with Crippen LogP contribution in [0.15, 0.2) is 12.1 Å². The van der Waals surface area contributed by atoms with Gasteiger partial charge in [0, 0.05) is 0 Å². The van der Waals surface area contributed by atoms with Crippen LogP contribution in [0.25, 0.3) is 0 Å². The second kappa shape index (κ2) is 7.30. The number of aryl methyl sites for hydroxylation is 2. The van der Waals surface area contributed by atoms with Crippen molar-refractivity contribution in [1.29, 1.82) is 0 Å². The molecule has 4 heteroatoms. The summed E-state index contributed by atoms with van der Waals surface area (Å²) in [6, 6.07) is 3.42. The normalized spacial score (nSPS) is 19.2. The maximum Gasteiger partial charge on any atom is 0.121 e. The molecule has 1 fully saturated rings. The van der Waals surface area contributed by atoms with Gasteiger partial charge in [-0.2, -0.15) is 0 Å². The highest BCUT2D eigenvalue weighted by Crippen LogP contribution is 2.33. The van der Waals surface area contributed by atoms with Crippen molar-refractivity contribution < 1.29 is 10.2 Å². The Morgan fingerprint density at radius 1 is 1.10 bits per heavy atom. The second-order valence-electron chi connectivity index (χ2n) is 5.92. The van der Waals surface area contributed by atoms with Crippen LogP contribution in [0.3, 0.4) is 0 Å². The number of halogens is 1. The summed E-state index contributed by atoms with van der Waals surface area (Å²) < 4.78 is 0. The Kier molecular flexibility index (Phi) is 6.31. The smallest absolute Gasteiger partial charge is 0.121 e. The van der Waals surface area contributed by atoms with Crippen LogP contribution in [-0.4, -0.2) is 16.3 Å². The highest BCUT2D eigenvalue weighted by molar-refractivity contribution is 5.85. The van der Waals surface area contributed by atoms with E-state index in [9.17, 15) is 10.2 Å². The van der Waals surface area contributed by atoms with Crippen LogP contribution in [0.5, 0.6) is 5.75 Å². The number of rotatable bonds is 3. The van der Waals surface area contributed by atoms with E-state index in [4.69, 9.17) is 5.73 Å². The molecule has 0 unspecified atom stereocenters. The third-order valence-corrected chi connectivity index (χ3v) is 4.40. The van der Waals surface area contributed by atoms with Crippen LogP contribution in [0.1, 0.15) is 54.8 Å². The number of aromatic hydroxyl groups is 1. The predicted molar refractivity (Wildman–Crippen MR) is 84.3 cm³/mol. The largest absolute Gasteiger partial charge is 0.507 e. The Morgan fingerprint density at radius 2 is 1.60 bits per heavy atom. The maximum absolute atomic E-state index is 10.5. The third-order valence-electron chi connectivity index (χ3n) is 4.40. The predicted octanol–water partition coefficient (Wildman–Crippen LogP) is 3.37. The molecule has 0 heterocycles. The zero-order valence-electron chi connectivity index (χ0n) is 12.3. The van der Waals surface area contributed by atoms with Gasteiger partial charge in [-0.05, 0) is 49.3 Å². The molecule has 0 amide bonds. The summed E-state index contributed by atoms with van der Waals surface area (Å²) in [5, 5.41) is 20.3. The molecule has 1 aliphatic rings. The van der Waals surface area contributed by atoms with Crippen LogP contribution >= 0.6 is 12.4 Å². The molecule has 114 valence electrons. The number of phenols is 1. The Morgan fingerprint density at radius 3 is 2.10 bits per heavy atom. The fraction of sp³-hybridized carbons (Fsp3) is 0.625. The quantitative estimate of drug-likeness (QED) is 0.801. The van der Waals surface area contributed by atoms with Gasteiger partial charge in [-0.25, -0.2) is 0 Å². The Labute approximate surface area is 127 Å². The maximum atomic E-state index is 10.5. The molecule has 20 heavy (non-hydrogen) atoms. The summed E-state index contributed by atoms with van der Waals surface area (Å²) in [5.41, 5.74) is 8.79. The molecule has 0 aliphatic heterocycles. The lowest BCUT2D eigenvalue weighted by atomic mass is 9.81. The first-order valence-corrected chi connectivity index (χ1v) is 7.24. The first-order valence-electron chi connectivity index (χ1n) is 7.24. The number of nitrogens with two attached hydrogens (primary N) is 1. The molecule has 0 bridgehead atoms. The fourth-order valence-electron chi connectivity index (χ4n) is 3.15. The molecule has 4 N–H and O–H groups in total. The Balaban J connectivity index is 0.00000200. The minimum Gasteiger partial charge on any atom is -0.507 e. The van der Waals surface area contributed by atoms with Crippen molar-refractivity contribution in [2.45, 2.75) is 58.1 Å². The van der Waals surface area contributed by atoms with E-state index in [1.807, 2.05) is 26.0 Å². The summed E-state index contributed by atoms with van der Waals surface area (Å²) in [6.45, 7) is 3.73. The summed E-state index contributed by atoms with van der Waals surface area (Å²) in [5.74, 6) is 0.640. The third kappa shape index (κ3) is 3.66. The monoisotopic (exact) mass is 299 g/mol. The number of hydrogen-bond donors (Lipinski definition) is 3. The van der Waals surface area contributed by atoms with Crippen LogP contribution in [0.2, 0.25) is 0 Å². The van der Waals surface area contributed by atoms with E-state index in [1.165, 1.54) is 19.3 Å². The van der Waals surface area contributed by atoms with Crippen LogP contribution in [-0.2, 0) is 0 Å². The highest BCUT2D eigenvalue weighted by Gasteiger charge is 2.28. The lowest BCUT2D eigenvalue weighted by molar-refractivity contribution is 0.0617. The Hall–Kier alpha value is -0.770. The van der Waals surface area contributed by atoms with E-state index >= 15 is 0 Å². The van der Waals surface area contributed by atoms with Crippen molar-refractivity contribution in [2.75, 3.05) is 0 Å². The number of benzene rings is 1. The van der Waals surface area contributed by atoms with Crippen LogP contribution in [0.4, 0.5) is 0 Å². The fourth-order valence-corrected chi connectivity index (χ4v) is 3.15. The number of aliphatic hydroxyl groups is 1. The van der Waals surface area contributed by atoms with Gasteiger partial charge in [0.1, 0.15) is 5.75 Å². The van der Waals surface area contributed by atoms with Crippen LogP contribution < -0.4 is 5.73 Å².